The van der Waals surface area contributed by atoms with Gasteiger partial charge < -0.3 is 4.74 Å². The van der Waals surface area contributed by atoms with E-state index in [0.717, 1.165) is 6.42 Å². The molecule has 0 amide bonds. The molecule has 1 nitrogen and oxygen atoms in total. The molecule has 0 N–H and O–H groups in total. The summed E-state index contributed by atoms with van der Waals surface area (Å²) in [4.78, 5) is 0. The summed E-state index contributed by atoms with van der Waals surface area (Å²) in [5.41, 5.74) is 0. The molecule has 0 radical (unpaired) electrons. The molecule has 0 aliphatic rings. The monoisotopic (exact) mass is 232 g/mol. The van der Waals surface area contributed by atoms with Gasteiger partial charge >= 0.3 is 6.00 Å². The van der Waals surface area contributed by atoms with Crippen LogP contribution in [0.3, 0.4) is 0 Å². The summed E-state index contributed by atoms with van der Waals surface area (Å²) >= 11 is 16.9. The van der Waals surface area contributed by atoms with Crippen molar-refractivity contribution in [2.75, 3.05) is 6.61 Å². The first-order chi connectivity index (χ1) is 5.06. The van der Waals surface area contributed by atoms with E-state index in [2.05, 4.69) is 0 Å². The average molecular weight is 234 g/mol. The van der Waals surface area contributed by atoms with Gasteiger partial charge in [-0.05, 0) is 19.4 Å². The van der Waals surface area contributed by atoms with Gasteiger partial charge in [0.1, 0.15) is 0 Å². The van der Waals surface area contributed by atoms with E-state index in [9.17, 15) is 0 Å². The Bertz CT molecular complexity index is 121. The third kappa shape index (κ3) is 10.6. The highest BCUT2D eigenvalue weighted by Crippen LogP contribution is 2.26. The SMILES string of the molecule is CC=COCCC[Si](Cl)(Cl)Cl. The van der Waals surface area contributed by atoms with E-state index in [1.165, 1.54) is 0 Å². The van der Waals surface area contributed by atoms with Gasteiger partial charge in [0.2, 0.25) is 0 Å². The maximum absolute atomic E-state index is 5.64. The fourth-order valence-electron chi connectivity index (χ4n) is 0.520. The second-order valence-electron chi connectivity index (χ2n) is 2.06. The lowest BCUT2D eigenvalue weighted by Crippen LogP contribution is -2.09. The molecule has 0 fully saturated rings. The molecule has 0 atom stereocenters. The highest BCUT2D eigenvalue weighted by atomic mass is 35.8. The third-order valence-electron chi connectivity index (χ3n) is 0.955. The molecule has 0 aliphatic heterocycles. The minimum atomic E-state index is -2.40. The van der Waals surface area contributed by atoms with Gasteiger partial charge in [0.05, 0.1) is 12.9 Å². The number of hydrogen-bond acceptors (Lipinski definition) is 1. The Morgan fingerprint density at radius 2 is 2.00 bits per heavy atom. The molecule has 66 valence electrons. The summed E-state index contributed by atoms with van der Waals surface area (Å²) < 4.78 is 5.04. The normalized spacial score (nSPS) is 12.4. The van der Waals surface area contributed by atoms with Crippen molar-refractivity contribution in [3.8, 4) is 0 Å². The molecular weight excluding hydrogens is 223 g/mol. The average Bonchev–Trinajstić information content (AvgIpc) is 1.85. The number of halogens is 3. The highest BCUT2D eigenvalue weighted by molar-refractivity contribution is 7.64. The largest absolute Gasteiger partial charge is 0.502 e. The summed E-state index contributed by atoms with van der Waals surface area (Å²) in [7, 11) is 0. The Balaban J connectivity index is 3.15. The van der Waals surface area contributed by atoms with Crippen LogP contribution in [0.1, 0.15) is 13.3 Å². The minimum Gasteiger partial charge on any atom is -0.502 e. The van der Waals surface area contributed by atoms with Gasteiger partial charge in [-0.1, -0.05) is 6.08 Å². The van der Waals surface area contributed by atoms with E-state index >= 15 is 0 Å². The maximum Gasteiger partial charge on any atom is 0.341 e. The van der Waals surface area contributed by atoms with Gasteiger partial charge in [-0.3, -0.25) is 0 Å². The van der Waals surface area contributed by atoms with E-state index in [0.29, 0.717) is 12.7 Å². The van der Waals surface area contributed by atoms with Crippen molar-refractivity contribution >= 4 is 39.2 Å². The molecule has 5 heteroatoms. The molecule has 0 aromatic rings. The van der Waals surface area contributed by atoms with Crippen molar-refractivity contribution in [2.24, 2.45) is 0 Å². The van der Waals surface area contributed by atoms with E-state index in [4.69, 9.17) is 38.0 Å². The molecule has 0 saturated carbocycles. The van der Waals surface area contributed by atoms with Crippen LogP contribution in [0, 0.1) is 0 Å². The molecule has 0 bridgehead atoms. The Morgan fingerprint density at radius 3 is 2.45 bits per heavy atom. The van der Waals surface area contributed by atoms with Gasteiger partial charge in [0, 0.05) is 0 Å². The Labute approximate surface area is 82.4 Å². The number of hydrogen-bond donors (Lipinski definition) is 0. The summed E-state index contributed by atoms with van der Waals surface area (Å²) in [6, 6.07) is -1.74. The summed E-state index contributed by atoms with van der Waals surface area (Å²) in [6.07, 6.45) is 4.28. The first-order valence-corrected chi connectivity index (χ1v) is 8.60. The fraction of sp³-hybridized carbons (Fsp3) is 0.667. The van der Waals surface area contributed by atoms with Crippen LogP contribution in [0.5, 0.6) is 0 Å². The van der Waals surface area contributed by atoms with Crippen LogP contribution >= 0.6 is 33.2 Å². The van der Waals surface area contributed by atoms with Gasteiger partial charge in [-0.25, -0.2) is 0 Å². The molecule has 0 saturated heterocycles. The van der Waals surface area contributed by atoms with Crippen LogP contribution in [0.25, 0.3) is 0 Å². The van der Waals surface area contributed by atoms with Crippen molar-refractivity contribution in [3.63, 3.8) is 0 Å². The van der Waals surface area contributed by atoms with Gasteiger partial charge in [0.25, 0.3) is 0 Å². The second-order valence-corrected chi connectivity index (χ2v) is 11.3. The predicted octanol–water partition coefficient (Wildman–Crippen LogP) is 3.58. The topological polar surface area (TPSA) is 9.23 Å². The van der Waals surface area contributed by atoms with Crippen LogP contribution in [0.4, 0.5) is 0 Å². The standard InChI is InChI=1S/C6H11Cl3OSi/c1-2-4-10-5-3-6-11(7,8)9/h2,4H,3,5-6H2,1H3. The molecule has 0 unspecified atom stereocenters. The van der Waals surface area contributed by atoms with E-state index in [1.54, 1.807) is 6.26 Å². The molecule has 0 heterocycles. The van der Waals surface area contributed by atoms with Crippen LogP contribution in [-0.2, 0) is 4.74 Å². The molecule has 0 aliphatic carbocycles. The van der Waals surface area contributed by atoms with Crippen molar-refractivity contribution in [2.45, 2.75) is 19.4 Å². The quantitative estimate of drug-likeness (QED) is 0.305. The Morgan fingerprint density at radius 1 is 1.36 bits per heavy atom. The lowest BCUT2D eigenvalue weighted by Gasteiger charge is -2.06. The lowest BCUT2D eigenvalue weighted by molar-refractivity contribution is 0.249. The zero-order chi connectivity index (χ0) is 8.74. The van der Waals surface area contributed by atoms with Crippen LogP contribution in [-0.4, -0.2) is 12.6 Å². The zero-order valence-electron chi connectivity index (χ0n) is 6.32. The minimum absolute atomic E-state index is 0.630. The van der Waals surface area contributed by atoms with E-state index in [1.807, 2.05) is 13.0 Å². The molecule has 0 rings (SSSR count). The summed E-state index contributed by atoms with van der Waals surface area (Å²) in [5, 5.41) is 0. The van der Waals surface area contributed by atoms with Crippen LogP contribution in [0.2, 0.25) is 6.04 Å². The van der Waals surface area contributed by atoms with Crippen molar-refractivity contribution in [3.05, 3.63) is 12.3 Å². The number of ether oxygens (including phenoxy) is 1. The van der Waals surface area contributed by atoms with Crippen LogP contribution < -0.4 is 0 Å². The summed E-state index contributed by atoms with van der Waals surface area (Å²) in [6.45, 7) is 2.52. The predicted molar refractivity (Wildman–Crippen MR) is 53.5 cm³/mol. The Kier molecular flexibility index (Phi) is 6.53. The van der Waals surface area contributed by atoms with E-state index < -0.39 is 6.00 Å². The molecule has 11 heavy (non-hydrogen) atoms. The summed E-state index contributed by atoms with van der Waals surface area (Å²) in [5.74, 6) is 0. The van der Waals surface area contributed by atoms with Crippen molar-refractivity contribution in [1.82, 2.24) is 0 Å². The molecule has 0 aromatic heterocycles. The van der Waals surface area contributed by atoms with Crippen molar-refractivity contribution < 1.29 is 4.74 Å². The first kappa shape index (κ1) is 11.6. The highest BCUT2D eigenvalue weighted by Gasteiger charge is 2.23. The smallest absolute Gasteiger partial charge is 0.341 e. The van der Waals surface area contributed by atoms with Gasteiger partial charge in [-0.2, -0.15) is 0 Å². The lowest BCUT2D eigenvalue weighted by atomic mass is 10.5. The third-order valence-corrected chi connectivity index (χ3v) is 3.58. The second kappa shape index (κ2) is 6.18. The maximum atomic E-state index is 5.64. The molecular formula is C6H11Cl3OSi. The van der Waals surface area contributed by atoms with Crippen molar-refractivity contribution in [1.29, 1.82) is 0 Å². The molecule has 0 aromatic carbocycles. The Hall–Kier alpha value is 0.627. The van der Waals surface area contributed by atoms with Crippen LogP contribution in [0.15, 0.2) is 12.3 Å². The fourth-order valence-corrected chi connectivity index (χ4v) is 2.27. The van der Waals surface area contributed by atoms with E-state index in [-0.39, 0.29) is 0 Å². The number of rotatable bonds is 5. The first-order valence-electron chi connectivity index (χ1n) is 3.36. The zero-order valence-corrected chi connectivity index (χ0v) is 9.59. The van der Waals surface area contributed by atoms with Gasteiger partial charge in [-0.15, -0.1) is 33.2 Å². The number of allylic oxidation sites excluding steroid dienone is 1. The van der Waals surface area contributed by atoms with Gasteiger partial charge in [0.15, 0.2) is 0 Å². The molecule has 0 spiro atoms.